The molecule has 27 heavy (non-hydrogen) atoms. The number of amides is 1. The minimum Gasteiger partial charge on any atom is -0.506 e. The first-order chi connectivity index (χ1) is 13.1. The molecule has 1 aliphatic carbocycles. The van der Waals surface area contributed by atoms with E-state index < -0.39 is 5.41 Å². The van der Waals surface area contributed by atoms with Gasteiger partial charge in [-0.05, 0) is 30.5 Å². The van der Waals surface area contributed by atoms with Gasteiger partial charge in [0.15, 0.2) is 0 Å². The van der Waals surface area contributed by atoms with E-state index in [-0.39, 0.29) is 41.4 Å². The summed E-state index contributed by atoms with van der Waals surface area (Å²) in [5.74, 6) is 0.428. The number of para-hydroxylation sites is 1. The Morgan fingerprint density at radius 1 is 1.26 bits per heavy atom. The van der Waals surface area contributed by atoms with Crippen molar-refractivity contribution in [1.82, 2.24) is 5.32 Å². The standard InChI is InChI=1S/C21H22N2O4/c24-14-3-1-2-13-19(14)23-17(26)9-15-18-12-8-16(25)21(13,20(18)23)5-6-22-10-11(12)4-7-27-15/h1-4,12,15,18,20,22,24H,5-10H2/t12-,15-,18-,20-,21+/m0/s1. The minimum absolute atomic E-state index is 0.0463. The maximum atomic E-state index is 13.7. The summed E-state index contributed by atoms with van der Waals surface area (Å²) in [6.45, 7) is 1.98. The van der Waals surface area contributed by atoms with Crippen LogP contribution in [0.5, 0.6) is 5.75 Å². The number of benzene rings is 1. The number of hydrogen-bond donors (Lipinski definition) is 2. The van der Waals surface area contributed by atoms with Gasteiger partial charge >= 0.3 is 0 Å². The van der Waals surface area contributed by atoms with Crippen LogP contribution >= 0.6 is 0 Å². The lowest BCUT2D eigenvalue weighted by Gasteiger charge is -2.53. The van der Waals surface area contributed by atoms with Crippen LogP contribution in [0.3, 0.4) is 0 Å². The summed E-state index contributed by atoms with van der Waals surface area (Å²) in [5.41, 5.74) is 1.86. The fourth-order valence-electron chi connectivity index (χ4n) is 6.49. The van der Waals surface area contributed by atoms with Crippen molar-refractivity contribution >= 4 is 17.4 Å². The lowest BCUT2D eigenvalue weighted by atomic mass is 9.55. The van der Waals surface area contributed by atoms with Gasteiger partial charge in [-0.25, -0.2) is 0 Å². The number of Topliss-reactive ketones (excluding diaryl/α,β-unsaturated/α-hetero) is 1. The van der Waals surface area contributed by atoms with E-state index >= 15 is 0 Å². The molecule has 6 aliphatic rings. The van der Waals surface area contributed by atoms with Crippen LogP contribution in [0.15, 0.2) is 29.8 Å². The number of ketones is 1. The van der Waals surface area contributed by atoms with Gasteiger partial charge in [0.1, 0.15) is 11.5 Å². The Hall–Kier alpha value is -2.18. The summed E-state index contributed by atoms with van der Waals surface area (Å²) in [5, 5.41) is 14.1. The van der Waals surface area contributed by atoms with Crippen molar-refractivity contribution in [2.75, 3.05) is 24.6 Å². The van der Waals surface area contributed by atoms with Crippen molar-refractivity contribution < 1.29 is 19.4 Å². The highest BCUT2D eigenvalue weighted by atomic mass is 16.5. The second-order valence-electron chi connectivity index (χ2n) is 8.45. The van der Waals surface area contributed by atoms with E-state index in [1.807, 2.05) is 6.07 Å². The summed E-state index contributed by atoms with van der Waals surface area (Å²) in [4.78, 5) is 28.6. The van der Waals surface area contributed by atoms with Crippen LogP contribution in [-0.4, -0.2) is 48.6 Å². The van der Waals surface area contributed by atoms with Gasteiger partial charge in [-0.15, -0.1) is 0 Å². The second kappa shape index (κ2) is 5.20. The van der Waals surface area contributed by atoms with Crippen molar-refractivity contribution in [3.8, 4) is 5.75 Å². The smallest absolute Gasteiger partial charge is 0.230 e. The van der Waals surface area contributed by atoms with Crippen molar-refractivity contribution in [2.24, 2.45) is 11.8 Å². The van der Waals surface area contributed by atoms with E-state index in [0.29, 0.717) is 38.1 Å². The molecule has 6 heteroatoms. The molecule has 140 valence electrons. The third-order valence-electron chi connectivity index (χ3n) is 7.48. The first kappa shape index (κ1) is 15.8. The first-order valence-corrected chi connectivity index (χ1v) is 9.82. The van der Waals surface area contributed by atoms with Crippen molar-refractivity contribution in [3.63, 3.8) is 0 Å². The lowest BCUT2D eigenvalue weighted by molar-refractivity contribution is -0.140. The number of carbonyl (C=O) groups is 2. The zero-order valence-corrected chi connectivity index (χ0v) is 15.0. The molecule has 4 fully saturated rings. The number of fused-ring (bicyclic) bond motifs is 6. The summed E-state index contributed by atoms with van der Waals surface area (Å²) in [6.07, 6.45) is 3.38. The maximum absolute atomic E-state index is 13.7. The Kier molecular flexibility index (Phi) is 3.05. The monoisotopic (exact) mass is 366 g/mol. The van der Waals surface area contributed by atoms with Crippen LogP contribution in [0.2, 0.25) is 0 Å². The number of rotatable bonds is 0. The Labute approximate surface area is 157 Å². The molecular weight excluding hydrogens is 344 g/mol. The van der Waals surface area contributed by atoms with E-state index in [1.54, 1.807) is 17.0 Å². The number of aromatic hydroxyl groups is 1. The summed E-state index contributed by atoms with van der Waals surface area (Å²) in [6, 6.07) is 5.07. The van der Waals surface area contributed by atoms with Crippen molar-refractivity contribution in [3.05, 3.63) is 35.4 Å². The summed E-state index contributed by atoms with van der Waals surface area (Å²) < 4.78 is 6.12. The number of phenols is 1. The number of anilines is 1. The molecule has 7 rings (SSSR count). The average Bonchev–Trinajstić information content (AvgIpc) is 2.91. The predicted octanol–water partition coefficient (Wildman–Crippen LogP) is 1.27. The normalized spacial score (nSPS) is 39.3. The number of phenolic OH excluding ortho intramolecular Hbond substituents is 1. The van der Waals surface area contributed by atoms with E-state index in [2.05, 4.69) is 11.4 Å². The third kappa shape index (κ3) is 1.78. The number of carbonyl (C=O) groups excluding carboxylic acids is 2. The van der Waals surface area contributed by atoms with Crippen LogP contribution in [0, 0.1) is 11.8 Å². The molecule has 1 aromatic carbocycles. The highest BCUT2D eigenvalue weighted by molar-refractivity contribution is 6.07. The van der Waals surface area contributed by atoms with Crippen molar-refractivity contribution in [1.29, 1.82) is 0 Å². The summed E-state index contributed by atoms with van der Waals surface area (Å²) >= 11 is 0. The molecule has 0 aromatic heterocycles. The van der Waals surface area contributed by atoms with Crippen molar-refractivity contribution in [2.45, 2.75) is 36.8 Å². The number of nitrogens with zero attached hydrogens (tertiary/aromatic N) is 1. The second-order valence-corrected chi connectivity index (χ2v) is 8.45. The molecule has 1 spiro atoms. The SMILES string of the molecule is O=C1C[C@@H]2OCC=C3CNCC[C@@]45C(=O)C[C@@H]3[C@@H]2[C@@H]4N1c1c(O)cccc15. The highest BCUT2D eigenvalue weighted by Gasteiger charge is 2.67. The van der Waals surface area contributed by atoms with Gasteiger partial charge in [0.25, 0.3) is 0 Å². The number of piperidine rings is 1. The van der Waals surface area contributed by atoms with E-state index in [1.165, 1.54) is 5.57 Å². The number of ether oxygens (including phenoxy) is 1. The van der Waals surface area contributed by atoms with Gasteiger partial charge in [0.2, 0.25) is 5.91 Å². The Balaban J connectivity index is 1.68. The molecular formula is C21H22N2O4. The van der Waals surface area contributed by atoms with Gasteiger partial charge < -0.3 is 20.1 Å². The largest absolute Gasteiger partial charge is 0.506 e. The molecule has 6 nitrogen and oxygen atoms in total. The van der Waals surface area contributed by atoms with Gasteiger partial charge in [-0.2, -0.15) is 0 Å². The molecule has 0 radical (unpaired) electrons. The predicted molar refractivity (Wildman–Crippen MR) is 97.6 cm³/mol. The zero-order chi connectivity index (χ0) is 18.3. The average molecular weight is 366 g/mol. The van der Waals surface area contributed by atoms with Gasteiger partial charge in [0, 0.05) is 18.9 Å². The molecule has 4 bridgehead atoms. The van der Waals surface area contributed by atoms with Gasteiger partial charge in [-0.1, -0.05) is 23.8 Å². The van der Waals surface area contributed by atoms with Crippen LogP contribution in [0.25, 0.3) is 0 Å². The van der Waals surface area contributed by atoms with Crippen LogP contribution in [-0.2, 0) is 19.7 Å². The van der Waals surface area contributed by atoms with Crippen LogP contribution in [0.4, 0.5) is 5.69 Å². The molecule has 1 amide bonds. The molecule has 5 heterocycles. The first-order valence-electron chi connectivity index (χ1n) is 9.82. The number of nitrogens with one attached hydrogen (secondary N) is 1. The molecule has 2 N–H and O–H groups in total. The van der Waals surface area contributed by atoms with E-state index in [9.17, 15) is 14.7 Å². The molecule has 1 aromatic rings. The fraction of sp³-hybridized carbons (Fsp3) is 0.524. The number of hydrogen-bond acceptors (Lipinski definition) is 5. The third-order valence-corrected chi connectivity index (χ3v) is 7.48. The molecule has 1 saturated carbocycles. The highest BCUT2D eigenvalue weighted by Crippen LogP contribution is 2.61. The van der Waals surface area contributed by atoms with E-state index in [4.69, 9.17) is 4.74 Å². The fourth-order valence-corrected chi connectivity index (χ4v) is 6.49. The zero-order valence-electron chi connectivity index (χ0n) is 15.0. The molecule has 0 unspecified atom stereocenters. The van der Waals surface area contributed by atoms with Gasteiger partial charge in [-0.3, -0.25) is 9.59 Å². The Bertz CT molecular complexity index is 909. The minimum atomic E-state index is -0.750. The lowest BCUT2D eigenvalue weighted by Crippen LogP contribution is -2.66. The van der Waals surface area contributed by atoms with Crippen LogP contribution in [0.1, 0.15) is 24.8 Å². The Morgan fingerprint density at radius 3 is 3.04 bits per heavy atom. The van der Waals surface area contributed by atoms with Crippen LogP contribution < -0.4 is 10.2 Å². The Morgan fingerprint density at radius 2 is 2.15 bits per heavy atom. The molecule has 3 saturated heterocycles. The van der Waals surface area contributed by atoms with Gasteiger partial charge in [0.05, 0.1) is 36.3 Å². The topological polar surface area (TPSA) is 78.9 Å². The van der Waals surface area contributed by atoms with E-state index in [0.717, 1.165) is 12.1 Å². The maximum Gasteiger partial charge on any atom is 0.230 e. The summed E-state index contributed by atoms with van der Waals surface area (Å²) in [7, 11) is 0. The quantitative estimate of drug-likeness (QED) is 0.676. The molecule has 5 atom stereocenters. The molecule has 5 aliphatic heterocycles.